The second-order valence-electron chi connectivity index (χ2n) is 5.47. The Morgan fingerprint density at radius 1 is 0.917 bits per heavy atom. The maximum atomic E-state index is 6.49. The van der Waals surface area contributed by atoms with Crippen LogP contribution in [0.2, 0.25) is 5.02 Å². The van der Waals surface area contributed by atoms with E-state index in [4.69, 9.17) is 23.8 Å². The molecule has 0 saturated carbocycles. The molecule has 3 rings (SSSR count). The molecule has 4 heteroatoms. The molecule has 0 aliphatic heterocycles. The first kappa shape index (κ1) is 17.2. The van der Waals surface area contributed by atoms with Crippen molar-refractivity contribution in [1.29, 1.82) is 0 Å². The van der Waals surface area contributed by atoms with Crippen LogP contribution in [0.3, 0.4) is 0 Å². The Hall–Kier alpha value is -1.68. The van der Waals surface area contributed by atoms with Gasteiger partial charge in [-0.15, -0.1) is 0 Å². The summed E-state index contributed by atoms with van der Waals surface area (Å²) in [6.45, 7) is 2.05. The molecule has 3 aromatic rings. The van der Waals surface area contributed by atoms with Crippen molar-refractivity contribution >= 4 is 56.0 Å². The van der Waals surface area contributed by atoms with Gasteiger partial charge in [0.1, 0.15) is 0 Å². The van der Waals surface area contributed by atoms with Gasteiger partial charge in [0.15, 0.2) is 0 Å². The summed E-state index contributed by atoms with van der Waals surface area (Å²) in [4.78, 5) is 0.770. The summed E-state index contributed by atoms with van der Waals surface area (Å²) < 4.78 is 1.02. The van der Waals surface area contributed by atoms with Crippen molar-refractivity contribution in [2.75, 3.05) is 5.32 Å². The van der Waals surface area contributed by atoms with Crippen LogP contribution in [-0.2, 0) is 0 Å². The summed E-state index contributed by atoms with van der Waals surface area (Å²) in [5.74, 6) is 0. The lowest BCUT2D eigenvalue weighted by Crippen LogP contribution is -2.03. The first-order valence-corrected chi connectivity index (χ1v) is 9.05. The van der Waals surface area contributed by atoms with Crippen LogP contribution in [0.25, 0.3) is 0 Å². The Labute approximate surface area is 160 Å². The summed E-state index contributed by atoms with van der Waals surface area (Å²) >= 11 is 15.6. The van der Waals surface area contributed by atoms with Crippen molar-refractivity contribution in [3.8, 4) is 0 Å². The second kappa shape index (κ2) is 7.47. The van der Waals surface area contributed by atoms with E-state index >= 15 is 0 Å². The molecular formula is C20H15BrClNS. The Morgan fingerprint density at radius 2 is 1.67 bits per heavy atom. The quantitative estimate of drug-likeness (QED) is 0.366. The highest BCUT2D eigenvalue weighted by atomic mass is 79.9. The van der Waals surface area contributed by atoms with Gasteiger partial charge < -0.3 is 5.32 Å². The highest BCUT2D eigenvalue weighted by molar-refractivity contribution is 9.10. The molecule has 1 N–H and O–H groups in total. The number of nitrogens with one attached hydrogen (secondary N) is 1. The lowest BCUT2D eigenvalue weighted by Gasteiger charge is -2.12. The van der Waals surface area contributed by atoms with Crippen LogP contribution in [0.1, 0.15) is 16.7 Å². The van der Waals surface area contributed by atoms with Gasteiger partial charge in [0, 0.05) is 21.4 Å². The first-order valence-electron chi connectivity index (χ1n) is 7.47. The van der Waals surface area contributed by atoms with Gasteiger partial charge in [-0.3, -0.25) is 0 Å². The standard InChI is InChI=1S/C20H15BrClNS/c1-13-5-2-3-8-17(13)20(24)18-10-9-16(12-19(18)22)23-15-7-4-6-14(21)11-15/h2-12,23H,1H3. The zero-order chi connectivity index (χ0) is 17.1. The van der Waals surface area contributed by atoms with Crippen LogP contribution in [0.15, 0.2) is 71.2 Å². The van der Waals surface area contributed by atoms with E-state index in [2.05, 4.69) is 34.2 Å². The fraction of sp³-hybridized carbons (Fsp3) is 0.0500. The number of halogens is 2. The zero-order valence-corrected chi connectivity index (χ0v) is 16.2. The summed E-state index contributed by atoms with van der Waals surface area (Å²) in [6, 6.07) is 21.9. The second-order valence-corrected chi connectivity index (χ2v) is 7.21. The van der Waals surface area contributed by atoms with Crippen molar-refractivity contribution in [3.63, 3.8) is 0 Å². The third kappa shape index (κ3) is 3.86. The van der Waals surface area contributed by atoms with Crippen molar-refractivity contribution in [2.45, 2.75) is 6.92 Å². The molecular weight excluding hydrogens is 402 g/mol. The molecule has 0 atom stereocenters. The van der Waals surface area contributed by atoms with Crippen LogP contribution >= 0.6 is 39.7 Å². The van der Waals surface area contributed by atoms with Crippen LogP contribution in [0, 0.1) is 6.92 Å². The molecule has 0 bridgehead atoms. The van der Waals surface area contributed by atoms with E-state index in [9.17, 15) is 0 Å². The monoisotopic (exact) mass is 415 g/mol. The molecule has 3 aromatic carbocycles. The van der Waals surface area contributed by atoms with Crippen molar-refractivity contribution in [3.05, 3.63) is 92.9 Å². The Kier molecular flexibility index (Phi) is 5.34. The predicted molar refractivity (Wildman–Crippen MR) is 111 cm³/mol. The van der Waals surface area contributed by atoms with E-state index in [1.165, 1.54) is 0 Å². The van der Waals surface area contributed by atoms with Crippen LogP contribution in [0.4, 0.5) is 11.4 Å². The minimum Gasteiger partial charge on any atom is -0.355 e. The van der Waals surface area contributed by atoms with Crippen molar-refractivity contribution in [1.82, 2.24) is 0 Å². The largest absolute Gasteiger partial charge is 0.355 e. The van der Waals surface area contributed by atoms with Crippen molar-refractivity contribution in [2.24, 2.45) is 0 Å². The Morgan fingerprint density at radius 3 is 2.38 bits per heavy atom. The highest BCUT2D eigenvalue weighted by Crippen LogP contribution is 2.27. The van der Waals surface area contributed by atoms with Gasteiger partial charge in [0.2, 0.25) is 0 Å². The van der Waals surface area contributed by atoms with Gasteiger partial charge in [-0.2, -0.15) is 0 Å². The van der Waals surface area contributed by atoms with E-state index in [1.54, 1.807) is 0 Å². The lowest BCUT2D eigenvalue weighted by atomic mass is 10.00. The number of rotatable bonds is 4. The molecule has 0 aromatic heterocycles. The van der Waals surface area contributed by atoms with Gasteiger partial charge in [-0.25, -0.2) is 0 Å². The van der Waals surface area contributed by atoms with E-state index in [0.717, 1.165) is 37.4 Å². The zero-order valence-electron chi connectivity index (χ0n) is 13.0. The highest BCUT2D eigenvalue weighted by Gasteiger charge is 2.11. The first-order chi connectivity index (χ1) is 11.5. The predicted octanol–water partition coefficient (Wildman–Crippen LogP) is 6.92. The van der Waals surface area contributed by atoms with E-state index in [-0.39, 0.29) is 0 Å². The topological polar surface area (TPSA) is 12.0 Å². The summed E-state index contributed by atoms with van der Waals surface area (Å²) in [5.41, 5.74) is 4.99. The summed E-state index contributed by atoms with van der Waals surface area (Å²) in [6.07, 6.45) is 0. The minimum absolute atomic E-state index is 0.642. The molecule has 120 valence electrons. The maximum absolute atomic E-state index is 6.49. The number of hydrogen-bond donors (Lipinski definition) is 1. The number of aryl methyl sites for hydroxylation is 1. The summed E-state index contributed by atoms with van der Waals surface area (Å²) in [5, 5.41) is 3.99. The number of thiocarbonyl (C=S) groups is 1. The molecule has 24 heavy (non-hydrogen) atoms. The number of benzene rings is 3. The van der Waals surface area contributed by atoms with Gasteiger partial charge in [0.25, 0.3) is 0 Å². The lowest BCUT2D eigenvalue weighted by molar-refractivity contribution is 1.44. The average molecular weight is 417 g/mol. The van der Waals surface area contributed by atoms with Crippen LogP contribution < -0.4 is 5.32 Å². The number of anilines is 2. The van der Waals surface area contributed by atoms with Crippen molar-refractivity contribution < 1.29 is 0 Å². The molecule has 0 spiro atoms. The van der Waals surface area contributed by atoms with Gasteiger partial charge >= 0.3 is 0 Å². The van der Waals surface area contributed by atoms with Gasteiger partial charge in [0.05, 0.1) is 9.89 Å². The molecule has 0 saturated heterocycles. The summed E-state index contributed by atoms with van der Waals surface area (Å²) in [7, 11) is 0. The molecule has 0 unspecified atom stereocenters. The van der Waals surface area contributed by atoms with Crippen LogP contribution in [-0.4, -0.2) is 4.86 Å². The van der Waals surface area contributed by atoms with E-state index < -0.39 is 0 Å². The van der Waals surface area contributed by atoms with Gasteiger partial charge in [-0.05, 0) is 54.4 Å². The smallest absolute Gasteiger partial charge is 0.0539 e. The SMILES string of the molecule is Cc1ccccc1C(=S)c1ccc(Nc2cccc(Br)c2)cc1Cl. The molecule has 1 nitrogen and oxygen atoms in total. The Bertz CT molecular complexity index is 908. The maximum Gasteiger partial charge on any atom is 0.0539 e. The fourth-order valence-electron chi connectivity index (χ4n) is 2.48. The third-order valence-corrected chi connectivity index (χ3v) is 4.96. The number of hydrogen-bond acceptors (Lipinski definition) is 2. The minimum atomic E-state index is 0.642. The normalized spacial score (nSPS) is 10.5. The molecule has 0 heterocycles. The third-order valence-electron chi connectivity index (χ3n) is 3.72. The molecule has 0 amide bonds. The fourth-order valence-corrected chi connectivity index (χ4v) is 3.62. The Balaban J connectivity index is 1.87. The molecule has 0 radical (unpaired) electrons. The van der Waals surface area contributed by atoms with Crippen LogP contribution in [0.5, 0.6) is 0 Å². The van der Waals surface area contributed by atoms with E-state index in [1.807, 2.05) is 60.7 Å². The van der Waals surface area contributed by atoms with Gasteiger partial charge in [-0.1, -0.05) is 70.1 Å². The molecule has 0 aliphatic carbocycles. The van der Waals surface area contributed by atoms with E-state index in [0.29, 0.717) is 5.02 Å². The average Bonchev–Trinajstić information content (AvgIpc) is 2.55. The molecule has 0 fully saturated rings. The molecule has 0 aliphatic rings.